The Kier molecular flexibility index (Phi) is 5.06. The van der Waals surface area contributed by atoms with Crippen LogP contribution in [0, 0.1) is 5.92 Å². The number of rotatable bonds is 5. The summed E-state index contributed by atoms with van der Waals surface area (Å²) >= 11 is 1.88. The van der Waals surface area contributed by atoms with Crippen LogP contribution >= 0.6 is 11.8 Å². The topological polar surface area (TPSA) is 17.1 Å². The number of ketones is 1. The summed E-state index contributed by atoms with van der Waals surface area (Å²) in [7, 11) is 0. The lowest BCUT2D eigenvalue weighted by molar-refractivity contribution is -0.117. The molecule has 0 saturated heterocycles. The van der Waals surface area contributed by atoms with Gasteiger partial charge in [-0.1, -0.05) is 42.5 Å². The van der Waals surface area contributed by atoms with Gasteiger partial charge in [-0.15, -0.1) is 0 Å². The molecule has 2 heteroatoms. The number of hydrogen-bond acceptors (Lipinski definition) is 2. The van der Waals surface area contributed by atoms with Crippen LogP contribution in [0.25, 0.3) is 6.08 Å². The van der Waals surface area contributed by atoms with Crippen LogP contribution in [0.3, 0.4) is 0 Å². The highest BCUT2D eigenvalue weighted by molar-refractivity contribution is 7.99. The van der Waals surface area contributed by atoms with Crippen molar-refractivity contribution < 1.29 is 4.79 Å². The molecule has 0 bridgehead atoms. The van der Waals surface area contributed by atoms with Crippen LogP contribution in [0.2, 0.25) is 0 Å². The average Bonchev–Trinajstić information content (AvgIpc) is 2.81. The first-order valence-corrected chi connectivity index (χ1v) is 7.84. The maximum Gasteiger partial charge on any atom is 0.133 e. The second-order valence-electron chi connectivity index (χ2n) is 4.93. The van der Waals surface area contributed by atoms with E-state index in [1.807, 2.05) is 17.8 Å². The first kappa shape index (κ1) is 13.4. The van der Waals surface area contributed by atoms with E-state index in [0.29, 0.717) is 17.0 Å². The first-order chi connectivity index (χ1) is 8.78. The van der Waals surface area contributed by atoms with Crippen molar-refractivity contribution >= 4 is 23.6 Å². The van der Waals surface area contributed by atoms with E-state index in [0.717, 1.165) is 25.7 Å². The van der Waals surface area contributed by atoms with Crippen LogP contribution in [0.1, 0.15) is 31.2 Å². The van der Waals surface area contributed by atoms with Crippen LogP contribution in [0.5, 0.6) is 0 Å². The van der Waals surface area contributed by atoms with E-state index >= 15 is 0 Å². The molecule has 96 valence electrons. The summed E-state index contributed by atoms with van der Waals surface area (Å²) in [5.74, 6) is 1.06. The molecule has 0 heterocycles. The summed E-state index contributed by atoms with van der Waals surface area (Å²) in [6.07, 6.45) is 10.5. The van der Waals surface area contributed by atoms with Crippen molar-refractivity contribution in [3.63, 3.8) is 0 Å². The zero-order valence-electron chi connectivity index (χ0n) is 10.8. The maximum absolute atomic E-state index is 11.3. The molecule has 0 spiro atoms. The van der Waals surface area contributed by atoms with E-state index in [1.54, 1.807) is 0 Å². The molecule has 1 saturated carbocycles. The van der Waals surface area contributed by atoms with Crippen molar-refractivity contribution in [1.29, 1.82) is 0 Å². The van der Waals surface area contributed by atoms with Gasteiger partial charge in [0.1, 0.15) is 5.78 Å². The van der Waals surface area contributed by atoms with Gasteiger partial charge >= 0.3 is 0 Å². The molecule has 1 aromatic rings. The van der Waals surface area contributed by atoms with E-state index in [4.69, 9.17) is 0 Å². The third-order valence-corrected chi connectivity index (χ3v) is 4.47. The highest BCUT2D eigenvalue weighted by Gasteiger charge is 2.23. The molecule has 0 N–H and O–H groups in total. The van der Waals surface area contributed by atoms with E-state index in [1.165, 1.54) is 5.56 Å². The minimum absolute atomic E-state index is 0.451. The number of carbonyl (C=O) groups excluding carboxylic acids is 1. The number of thioether (sulfide) groups is 1. The fourth-order valence-electron chi connectivity index (χ4n) is 2.46. The van der Waals surface area contributed by atoms with Gasteiger partial charge in [-0.3, -0.25) is 4.79 Å². The largest absolute Gasteiger partial charge is 0.300 e. The lowest BCUT2D eigenvalue weighted by atomic mass is 10.0. The number of benzene rings is 1. The second-order valence-corrected chi connectivity index (χ2v) is 6.00. The fourth-order valence-corrected chi connectivity index (χ4v) is 3.16. The monoisotopic (exact) mass is 260 g/mol. The molecular weight excluding hydrogens is 240 g/mol. The molecule has 0 aliphatic heterocycles. The quantitative estimate of drug-likeness (QED) is 0.789. The van der Waals surface area contributed by atoms with Crippen LogP contribution < -0.4 is 0 Å². The molecule has 2 rings (SSSR count). The average molecular weight is 260 g/mol. The van der Waals surface area contributed by atoms with Crippen LogP contribution in [0.4, 0.5) is 0 Å². The Balaban J connectivity index is 1.89. The first-order valence-electron chi connectivity index (χ1n) is 6.55. The number of hydrogen-bond donors (Lipinski definition) is 0. The lowest BCUT2D eigenvalue weighted by Gasteiger charge is -2.14. The van der Waals surface area contributed by atoms with Crippen LogP contribution in [-0.4, -0.2) is 17.3 Å². The zero-order chi connectivity index (χ0) is 12.8. The number of carbonyl (C=O) groups is 1. The summed E-state index contributed by atoms with van der Waals surface area (Å²) in [5, 5.41) is 0.529. The molecule has 1 aromatic carbocycles. The summed E-state index contributed by atoms with van der Waals surface area (Å²) in [6.45, 7) is 0. The van der Waals surface area contributed by atoms with Crippen LogP contribution in [-0.2, 0) is 4.79 Å². The summed E-state index contributed by atoms with van der Waals surface area (Å²) < 4.78 is 0. The molecule has 1 fully saturated rings. The second kappa shape index (κ2) is 6.79. The lowest BCUT2D eigenvalue weighted by Crippen LogP contribution is -2.06. The van der Waals surface area contributed by atoms with Gasteiger partial charge in [0.15, 0.2) is 0 Å². The van der Waals surface area contributed by atoms with Crippen LogP contribution in [0.15, 0.2) is 36.4 Å². The minimum atomic E-state index is 0.451. The van der Waals surface area contributed by atoms with Crippen molar-refractivity contribution in [2.45, 2.75) is 30.9 Å². The van der Waals surface area contributed by atoms with Gasteiger partial charge in [0.05, 0.1) is 0 Å². The predicted octanol–water partition coefficient (Wildman–Crippen LogP) is 4.19. The van der Waals surface area contributed by atoms with E-state index in [-0.39, 0.29) is 0 Å². The van der Waals surface area contributed by atoms with Crippen molar-refractivity contribution in [1.82, 2.24) is 0 Å². The fraction of sp³-hybridized carbons (Fsp3) is 0.438. The third-order valence-electron chi connectivity index (χ3n) is 3.52. The highest BCUT2D eigenvalue weighted by atomic mass is 32.2. The van der Waals surface area contributed by atoms with Crippen molar-refractivity contribution in [3.8, 4) is 0 Å². The Morgan fingerprint density at radius 1 is 1.39 bits per heavy atom. The van der Waals surface area contributed by atoms with Gasteiger partial charge in [0, 0.05) is 18.1 Å². The zero-order valence-corrected chi connectivity index (χ0v) is 11.7. The molecule has 0 aromatic heterocycles. The Bertz CT molecular complexity index is 410. The van der Waals surface area contributed by atoms with Crippen molar-refractivity contribution in [2.75, 3.05) is 6.26 Å². The highest BCUT2D eigenvalue weighted by Crippen LogP contribution is 2.30. The molecule has 18 heavy (non-hydrogen) atoms. The molecular formula is C16H20OS. The van der Waals surface area contributed by atoms with E-state index in [9.17, 15) is 4.79 Å². The normalized spacial score (nSPS) is 21.6. The van der Waals surface area contributed by atoms with Gasteiger partial charge in [0.25, 0.3) is 0 Å². The molecule has 0 amide bonds. The van der Waals surface area contributed by atoms with Gasteiger partial charge in [-0.2, -0.15) is 11.8 Å². The van der Waals surface area contributed by atoms with Gasteiger partial charge < -0.3 is 0 Å². The van der Waals surface area contributed by atoms with Crippen molar-refractivity contribution in [3.05, 3.63) is 42.0 Å². The predicted molar refractivity (Wildman–Crippen MR) is 79.7 cm³/mol. The molecule has 2 atom stereocenters. The Hall–Kier alpha value is -1.02. The van der Waals surface area contributed by atoms with Gasteiger partial charge in [-0.25, -0.2) is 0 Å². The SMILES string of the molecule is CSC(/C=C/c1ccccc1)CC1CCC(=O)C1. The maximum atomic E-state index is 11.3. The summed E-state index contributed by atoms with van der Waals surface area (Å²) in [4.78, 5) is 11.3. The van der Waals surface area contributed by atoms with E-state index < -0.39 is 0 Å². The molecule has 0 radical (unpaired) electrons. The molecule has 1 aliphatic carbocycles. The number of Topliss-reactive ketones (excluding diaryl/α,β-unsaturated/α-hetero) is 1. The van der Waals surface area contributed by atoms with Gasteiger partial charge in [0.2, 0.25) is 0 Å². The van der Waals surface area contributed by atoms with Gasteiger partial charge in [-0.05, 0) is 30.6 Å². The molecule has 2 unspecified atom stereocenters. The molecule has 1 nitrogen and oxygen atoms in total. The van der Waals surface area contributed by atoms with E-state index in [2.05, 4.69) is 42.7 Å². The Morgan fingerprint density at radius 2 is 2.17 bits per heavy atom. The third kappa shape index (κ3) is 4.02. The Morgan fingerprint density at radius 3 is 2.78 bits per heavy atom. The smallest absolute Gasteiger partial charge is 0.133 e. The standard InChI is InChI=1S/C16H20OS/c1-18-16(12-14-7-9-15(17)11-14)10-8-13-5-3-2-4-6-13/h2-6,8,10,14,16H,7,9,11-12H2,1H3/b10-8+. The summed E-state index contributed by atoms with van der Waals surface area (Å²) in [5.41, 5.74) is 1.25. The Labute approximate surface area is 114 Å². The molecule has 1 aliphatic rings. The minimum Gasteiger partial charge on any atom is -0.300 e. The van der Waals surface area contributed by atoms with Crippen molar-refractivity contribution in [2.24, 2.45) is 5.92 Å². The summed E-state index contributed by atoms with van der Waals surface area (Å²) in [6, 6.07) is 10.4.